The SMILES string of the molecule is C=CCC(CC=C)[NH2+]CCCCCCCCCCCCCCCC.[Cl-]. The predicted octanol–water partition coefficient (Wildman–Crippen LogP) is 3.56. The lowest BCUT2D eigenvalue weighted by atomic mass is 10.0. The molecule has 0 atom stereocenters. The highest BCUT2D eigenvalue weighted by molar-refractivity contribution is 4.78. The lowest BCUT2D eigenvalue weighted by Gasteiger charge is -2.11. The summed E-state index contributed by atoms with van der Waals surface area (Å²) in [6, 6.07) is 0.668. The van der Waals surface area contributed by atoms with Gasteiger partial charge in [0.05, 0.1) is 12.6 Å². The Morgan fingerprint density at radius 3 is 1.36 bits per heavy atom. The molecule has 0 aliphatic carbocycles. The zero-order valence-electron chi connectivity index (χ0n) is 17.1. The van der Waals surface area contributed by atoms with Crippen LogP contribution >= 0.6 is 0 Å². The second-order valence-electron chi connectivity index (χ2n) is 7.43. The lowest BCUT2D eigenvalue weighted by molar-refractivity contribution is -0.688. The summed E-state index contributed by atoms with van der Waals surface area (Å²) in [5, 5.41) is 2.49. The number of hydrogen-bond donors (Lipinski definition) is 1. The molecule has 0 unspecified atom stereocenters. The first-order valence-electron chi connectivity index (χ1n) is 10.9. The molecule has 1 nitrogen and oxygen atoms in total. The Morgan fingerprint density at radius 1 is 0.640 bits per heavy atom. The average Bonchev–Trinajstić information content (AvgIpc) is 2.58. The first kappa shape index (κ1) is 27.0. The third-order valence-electron chi connectivity index (χ3n) is 5.00. The van der Waals surface area contributed by atoms with Gasteiger partial charge in [0.15, 0.2) is 0 Å². The maximum absolute atomic E-state index is 3.85. The van der Waals surface area contributed by atoms with Crippen molar-refractivity contribution in [2.45, 2.75) is 116 Å². The molecule has 0 radical (unpaired) electrons. The van der Waals surface area contributed by atoms with Gasteiger partial charge in [0, 0.05) is 12.8 Å². The molecular weight excluding hydrogens is 326 g/mol. The van der Waals surface area contributed by atoms with E-state index >= 15 is 0 Å². The monoisotopic (exact) mass is 371 g/mol. The lowest BCUT2D eigenvalue weighted by Crippen LogP contribution is -3.00. The third-order valence-corrected chi connectivity index (χ3v) is 5.00. The third kappa shape index (κ3) is 21.7. The molecule has 0 rings (SSSR count). The summed E-state index contributed by atoms with van der Waals surface area (Å²) < 4.78 is 0. The van der Waals surface area contributed by atoms with E-state index in [1.165, 1.54) is 96.4 Å². The van der Waals surface area contributed by atoms with Crippen LogP contribution in [0, 0.1) is 0 Å². The fraction of sp³-hybridized carbons (Fsp3) is 0.826. The van der Waals surface area contributed by atoms with Gasteiger partial charge < -0.3 is 17.7 Å². The zero-order chi connectivity index (χ0) is 17.7. The summed E-state index contributed by atoms with van der Waals surface area (Å²) >= 11 is 0. The van der Waals surface area contributed by atoms with Gasteiger partial charge in [0.25, 0.3) is 0 Å². The van der Waals surface area contributed by atoms with E-state index < -0.39 is 0 Å². The molecule has 2 heteroatoms. The maximum atomic E-state index is 3.85. The molecule has 0 aromatic rings. The van der Waals surface area contributed by atoms with Crippen molar-refractivity contribution in [1.82, 2.24) is 0 Å². The van der Waals surface area contributed by atoms with Gasteiger partial charge in [-0.25, -0.2) is 0 Å². The molecule has 0 amide bonds. The van der Waals surface area contributed by atoms with Crippen LogP contribution in [0.1, 0.15) is 110 Å². The van der Waals surface area contributed by atoms with Crippen molar-refractivity contribution in [3.8, 4) is 0 Å². The van der Waals surface area contributed by atoms with Crippen molar-refractivity contribution in [2.24, 2.45) is 0 Å². The van der Waals surface area contributed by atoms with E-state index in [1.54, 1.807) is 0 Å². The van der Waals surface area contributed by atoms with Crippen LogP contribution < -0.4 is 17.7 Å². The predicted molar refractivity (Wildman–Crippen MR) is 111 cm³/mol. The Balaban J connectivity index is 0. The molecule has 0 saturated carbocycles. The Bertz CT molecular complexity index is 255. The van der Waals surface area contributed by atoms with Crippen LogP contribution in [0.4, 0.5) is 0 Å². The van der Waals surface area contributed by atoms with Gasteiger partial charge in [-0.15, -0.1) is 13.2 Å². The number of halogens is 1. The van der Waals surface area contributed by atoms with Crippen LogP contribution in [0.3, 0.4) is 0 Å². The van der Waals surface area contributed by atoms with E-state index in [4.69, 9.17) is 0 Å². The molecular formula is C23H46ClN. The number of hydrogen-bond acceptors (Lipinski definition) is 0. The minimum absolute atomic E-state index is 0. The average molecular weight is 372 g/mol. The Kier molecular flexibility index (Phi) is 25.6. The second-order valence-corrected chi connectivity index (χ2v) is 7.43. The summed E-state index contributed by atoms with van der Waals surface area (Å²) in [6.45, 7) is 11.3. The molecule has 0 aromatic heterocycles. The molecule has 2 N–H and O–H groups in total. The maximum Gasteiger partial charge on any atom is 0.0928 e. The molecule has 0 spiro atoms. The summed E-state index contributed by atoms with van der Waals surface area (Å²) in [7, 11) is 0. The second kappa shape index (κ2) is 23.7. The first-order valence-corrected chi connectivity index (χ1v) is 10.9. The van der Waals surface area contributed by atoms with Crippen molar-refractivity contribution in [3.63, 3.8) is 0 Å². The van der Waals surface area contributed by atoms with Gasteiger partial charge in [-0.05, 0) is 12.8 Å². The number of rotatable bonds is 20. The van der Waals surface area contributed by atoms with Crippen LogP contribution in [0.25, 0.3) is 0 Å². The van der Waals surface area contributed by atoms with Gasteiger partial charge >= 0.3 is 0 Å². The van der Waals surface area contributed by atoms with Crippen LogP contribution in [0.2, 0.25) is 0 Å². The summed E-state index contributed by atoms with van der Waals surface area (Å²) in [6.07, 6.45) is 26.4. The van der Waals surface area contributed by atoms with E-state index in [9.17, 15) is 0 Å². The summed E-state index contributed by atoms with van der Waals surface area (Å²) in [5.74, 6) is 0. The van der Waals surface area contributed by atoms with E-state index in [-0.39, 0.29) is 12.4 Å². The standard InChI is InChI=1S/C23H45N.ClH/c1-4-7-8-9-10-11-12-13-14-15-16-17-18-19-22-24-23(20-5-2)21-6-3;/h5-6,23-24H,2-4,7-22H2,1H3;1H. The van der Waals surface area contributed by atoms with Crippen LogP contribution in [-0.2, 0) is 0 Å². The topological polar surface area (TPSA) is 16.6 Å². The van der Waals surface area contributed by atoms with Gasteiger partial charge in [-0.2, -0.15) is 0 Å². The number of nitrogens with two attached hydrogens (primary N) is 1. The van der Waals surface area contributed by atoms with Crippen LogP contribution in [0.15, 0.2) is 25.3 Å². The molecule has 0 bridgehead atoms. The van der Waals surface area contributed by atoms with E-state index in [0.29, 0.717) is 6.04 Å². The van der Waals surface area contributed by atoms with E-state index in [2.05, 4.69) is 25.4 Å². The highest BCUT2D eigenvalue weighted by Crippen LogP contribution is 2.12. The van der Waals surface area contributed by atoms with E-state index in [1.807, 2.05) is 12.2 Å². The smallest absolute Gasteiger partial charge is 0.0928 e. The minimum atomic E-state index is 0. The van der Waals surface area contributed by atoms with Gasteiger partial charge in [0.1, 0.15) is 0 Å². The Morgan fingerprint density at radius 2 is 1.00 bits per heavy atom. The molecule has 0 aliphatic heterocycles. The van der Waals surface area contributed by atoms with Crippen molar-refractivity contribution >= 4 is 0 Å². The quantitative estimate of drug-likeness (QED) is 0.249. The molecule has 150 valence electrons. The van der Waals surface area contributed by atoms with Crippen molar-refractivity contribution in [2.75, 3.05) is 6.54 Å². The molecule has 0 aliphatic rings. The van der Waals surface area contributed by atoms with E-state index in [0.717, 1.165) is 12.8 Å². The first-order chi connectivity index (χ1) is 11.8. The molecule has 25 heavy (non-hydrogen) atoms. The van der Waals surface area contributed by atoms with Crippen molar-refractivity contribution in [1.29, 1.82) is 0 Å². The zero-order valence-corrected chi connectivity index (χ0v) is 17.9. The van der Waals surface area contributed by atoms with Crippen LogP contribution in [0.5, 0.6) is 0 Å². The molecule has 0 saturated heterocycles. The molecule has 0 fully saturated rings. The van der Waals surface area contributed by atoms with Crippen LogP contribution in [-0.4, -0.2) is 12.6 Å². The highest BCUT2D eigenvalue weighted by atomic mass is 35.5. The minimum Gasteiger partial charge on any atom is -1.00 e. The Hall–Kier alpha value is -0.270. The normalized spacial score (nSPS) is 10.6. The largest absolute Gasteiger partial charge is 1.00 e. The highest BCUT2D eigenvalue weighted by Gasteiger charge is 2.06. The fourth-order valence-electron chi connectivity index (χ4n) is 3.41. The fourth-order valence-corrected chi connectivity index (χ4v) is 3.41. The van der Waals surface area contributed by atoms with Gasteiger partial charge in [-0.3, -0.25) is 0 Å². The van der Waals surface area contributed by atoms with Crippen molar-refractivity contribution in [3.05, 3.63) is 25.3 Å². The van der Waals surface area contributed by atoms with Crippen molar-refractivity contribution < 1.29 is 17.7 Å². The number of quaternary nitrogens is 1. The summed E-state index contributed by atoms with van der Waals surface area (Å²) in [4.78, 5) is 0. The molecule has 0 aromatic carbocycles. The Labute approximate surface area is 165 Å². The molecule has 0 heterocycles. The number of unbranched alkanes of at least 4 members (excludes halogenated alkanes) is 13. The summed E-state index contributed by atoms with van der Waals surface area (Å²) in [5.41, 5.74) is 0. The van der Waals surface area contributed by atoms with Gasteiger partial charge in [0.2, 0.25) is 0 Å². The van der Waals surface area contributed by atoms with Gasteiger partial charge in [-0.1, -0.05) is 96.1 Å².